The van der Waals surface area contributed by atoms with Crippen molar-refractivity contribution in [2.75, 3.05) is 12.8 Å². The molecule has 0 bridgehead atoms. The van der Waals surface area contributed by atoms with Crippen LogP contribution in [0, 0.1) is 11.3 Å². The summed E-state index contributed by atoms with van der Waals surface area (Å²) in [6.07, 6.45) is 0.530. The molecule has 0 atom stereocenters. The number of anilines is 1. The minimum Gasteiger partial charge on any atom is -0.495 e. The van der Waals surface area contributed by atoms with Gasteiger partial charge in [0.25, 0.3) is 0 Å². The van der Waals surface area contributed by atoms with E-state index in [0.29, 0.717) is 28.3 Å². The maximum Gasteiger partial charge on any atom is 0.220 e. The average Bonchev–Trinajstić information content (AvgIpc) is 2.54. The van der Waals surface area contributed by atoms with Crippen LogP contribution in [0.25, 0.3) is 10.9 Å². The molecule has 23 heavy (non-hydrogen) atoms. The lowest BCUT2D eigenvalue weighted by molar-refractivity contribution is 0.415. The molecule has 0 aliphatic heterocycles. The summed E-state index contributed by atoms with van der Waals surface area (Å²) in [4.78, 5) is 8.54. The predicted octanol–water partition coefficient (Wildman–Crippen LogP) is 3.34. The first kappa shape index (κ1) is 15.1. The van der Waals surface area contributed by atoms with Gasteiger partial charge in [-0.3, -0.25) is 0 Å². The molecule has 3 rings (SSSR count). The van der Waals surface area contributed by atoms with E-state index in [1.807, 2.05) is 18.2 Å². The van der Waals surface area contributed by atoms with E-state index in [9.17, 15) is 0 Å². The number of nitrogens with two attached hydrogens (primary N) is 1. The number of methoxy groups -OCH3 is 1. The van der Waals surface area contributed by atoms with Crippen molar-refractivity contribution >= 4 is 28.5 Å². The van der Waals surface area contributed by atoms with Crippen molar-refractivity contribution in [3.05, 3.63) is 58.2 Å². The first-order valence-electron chi connectivity index (χ1n) is 6.89. The molecule has 0 aliphatic rings. The van der Waals surface area contributed by atoms with Crippen molar-refractivity contribution in [3.8, 4) is 11.8 Å². The molecule has 0 unspecified atom stereocenters. The molecule has 6 heteroatoms. The molecule has 1 heterocycles. The third-order valence-electron chi connectivity index (χ3n) is 3.51. The van der Waals surface area contributed by atoms with Crippen LogP contribution in [0.3, 0.4) is 0 Å². The van der Waals surface area contributed by atoms with Gasteiger partial charge in [-0.2, -0.15) is 5.26 Å². The van der Waals surface area contributed by atoms with Crippen LogP contribution in [0.1, 0.15) is 16.8 Å². The summed E-state index contributed by atoms with van der Waals surface area (Å²) in [6.45, 7) is 0. The van der Waals surface area contributed by atoms with E-state index in [2.05, 4.69) is 16.0 Å². The Bertz CT molecular complexity index is 934. The van der Waals surface area contributed by atoms with Crippen molar-refractivity contribution in [3.63, 3.8) is 0 Å². The molecule has 2 aromatic carbocycles. The smallest absolute Gasteiger partial charge is 0.220 e. The lowest BCUT2D eigenvalue weighted by atomic mass is 10.0. The molecular formula is C17H13ClN4O. The van der Waals surface area contributed by atoms with Gasteiger partial charge in [0.2, 0.25) is 5.95 Å². The second-order valence-electron chi connectivity index (χ2n) is 5.02. The Morgan fingerprint density at radius 3 is 2.74 bits per heavy atom. The van der Waals surface area contributed by atoms with Gasteiger partial charge in [0.05, 0.1) is 35.0 Å². The number of hydrogen-bond acceptors (Lipinski definition) is 5. The van der Waals surface area contributed by atoms with Gasteiger partial charge in [0.1, 0.15) is 5.75 Å². The number of nitrogens with zero attached hydrogens (tertiary/aromatic N) is 3. The van der Waals surface area contributed by atoms with Crippen molar-refractivity contribution in [1.82, 2.24) is 9.97 Å². The fourth-order valence-corrected chi connectivity index (χ4v) is 2.71. The maximum absolute atomic E-state index is 9.08. The van der Waals surface area contributed by atoms with Gasteiger partial charge >= 0.3 is 0 Å². The first-order chi connectivity index (χ1) is 11.1. The highest BCUT2D eigenvalue weighted by Gasteiger charge is 2.10. The SMILES string of the molecule is COc1ccc(Cc2nc(N)nc3ccc(C#N)cc23)cc1Cl. The summed E-state index contributed by atoms with van der Waals surface area (Å²) >= 11 is 6.17. The summed E-state index contributed by atoms with van der Waals surface area (Å²) in [5, 5.41) is 10.4. The highest BCUT2D eigenvalue weighted by molar-refractivity contribution is 6.32. The summed E-state index contributed by atoms with van der Waals surface area (Å²) in [5.74, 6) is 0.825. The number of halogens is 1. The van der Waals surface area contributed by atoms with Crippen molar-refractivity contribution in [2.24, 2.45) is 0 Å². The van der Waals surface area contributed by atoms with Gasteiger partial charge in [-0.1, -0.05) is 17.7 Å². The third-order valence-corrected chi connectivity index (χ3v) is 3.80. The van der Waals surface area contributed by atoms with E-state index in [0.717, 1.165) is 16.6 Å². The van der Waals surface area contributed by atoms with Gasteiger partial charge in [-0.05, 0) is 35.9 Å². The van der Waals surface area contributed by atoms with Gasteiger partial charge in [-0.15, -0.1) is 0 Å². The van der Waals surface area contributed by atoms with Crippen LogP contribution < -0.4 is 10.5 Å². The van der Waals surface area contributed by atoms with Crippen molar-refractivity contribution in [1.29, 1.82) is 5.26 Å². The van der Waals surface area contributed by atoms with Gasteiger partial charge in [0.15, 0.2) is 0 Å². The normalized spacial score (nSPS) is 10.5. The fraction of sp³-hybridized carbons (Fsp3) is 0.118. The molecule has 2 N–H and O–H groups in total. The topological polar surface area (TPSA) is 84.8 Å². The number of aromatic nitrogens is 2. The Hall–Kier alpha value is -2.84. The molecular weight excluding hydrogens is 312 g/mol. The summed E-state index contributed by atoms with van der Waals surface area (Å²) in [6, 6.07) is 12.9. The van der Waals surface area contributed by atoms with Crippen LogP contribution in [0.2, 0.25) is 5.02 Å². The maximum atomic E-state index is 9.08. The van der Waals surface area contributed by atoms with E-state index in [1.165, 1.54) is 0 Å². The molecule has 3 aromatic rings. The van der Waals surface area contributed by atoms with E-state index in [1.54, 1.807) is 25.3 Å². The Kier molecular flexibility index (Phi) is 4.00. The number of nitrogen functional groups attached to an aromatic ring is 1. The predicted molar refractivity (Wildman–Crippen MR) is 89.5 cm³/mol. The highest BCUT2D eigenvalue weighted by Crippen LogP contribution is 2.27. The molecule has 0 amide bonds. The van der Waals surface area contributed by atoms with Gasteiger partial charge in [-0.25, -0.2) is 9.97 Å². The molecule has 0 radical (unpaired) electrons. The lowest BCUT2D eigenvalue weighted by Gasteiger charge is -2.09. The van der Waals surface area contributed by atoms with Crippen molar-refractivity contribution < 1.29 is 4.74 Å². The molecule has 0 spiro atoms. The summed E-state index contributed by atoms with van der Waals surface area (Å²) < 4.78 is 5.16. The highest BCUT2D eigenvalue weighted by atomic mass is 35.5. The van der Waals surface area contributed by atoms with Crippen molar-refractivity contribution in [2.45, 2.75) is 6.42 Å². The zero-order chi connectivity index (χ0) is 16.4. The molecule has 0 saturated heterocycles. The Balaban J connectivity index is 2.08. The molecule has 0 fully saturated rings. The number of benzene rings is 2. The molecule has 0 saturated carbocycles. The Morgan fingerprint density at radius 1 is 1.22 bits per heavy atom. The Labute approximate surface area is 138 Å². The number of nitriles is 1. The van der Waals surface area contributed by atoms with Crippen LogP contribution in [0.4, 0.5) is 5.95 Å². The first-order valence-corrected chi connectivity index (χ1v) is 7.27. The second kappa shape index (κ2) is 6.11. The van der Waals surface area contributed by atoms with E-state index in [4.69, 9.17) is 27.3 Å². The van der Waals surface area contributed by atoms with Crippen LogP contribution in [-0.4, -0.2) is 17.1 Å². The van der Waals surface area contributed by atoms with Crippen LogP contribution in [0.15, 0.2) is 36.4 Å². The lowest BCUT2D eigenvalue weighted by Crippen LogP contribution is -2.02. The average molecular weight is 325 g/mol. The quantitative estimate of drug-likeness (QED) is 0.798. The van der Waals surface area contributed by atoms with E-state index < -0.39 is 0 Å². The molecule has 114 valence electrons. The van der Waals surface area contributed by atoms with E-state index in [-0.39, 0.29) is 5.95 Å². The minimum absolute atomic E-state index is 0.205. The number of hydrogen-bond donors (Lipinski definition) is 1. The Morgan fingerprint density at radius 2 is 2.04 bits per heavy atom. The van der Waals surface area contributed by atoms with E-state index >= 15 is 0 Å². The number of fused-ring (bicyclic) bond motifs is 1. The standard InChI is InChI=1S/C17H13ClN4O/c1-23-16-5-3-10(7-13(16)18)8-15-12-6-11(9-19)2-4-14(12)21-17(20)22-15/h2-7H,8H2,1H3,(H2,20,21,22). The van der Waals surface area contributed by atoms with Gasteiger partial charge < -0.3 is 10.5 Å². The fourth-order valence-electron chi connectivity index (χ4n) is 2.43. The largest absolute Gasteiger partial charge is 0.495 e. The molecule has 0 aliphatic carbocycles. The zero-order valence-electron chi connectivity index (χ0n) is 12.4. The number of ether oxygens (including phenoxy) is 1. The van der Waals surface area contributed by atoms with Crippen LogP contribution in [0.5, 0.6) is 5.75 Å². The monoisotopic (exact) mass is 324 g/mol. The third kappa shape index (κ3) is 3.03. The summed E-state index contributed by atoms with van der Waals surface area (Å²) in [5.41, 5.74) is 8.79. The van der Waals surface area contributed by atoms with Crippen LogP contribution in [-0.2, 0) is 6.42 Å². The van der Waals surface area contributed by atoms with Crippen LogP contribution >= 0.6 is 11.6 Å². The molecule has 5 nitrogen and oxygen atoms in total. The zero-order valence-corrected chi connectivity index (χ0v) is 13.1. The second-order valence-corrected chi connectivity index (χ2v) is 5.43. The molecule has 1 aromatic heterocycles. The summed E-state index contributed by atoms with van der Waals surface area (Å²) in [7, 11) is 1.57. The minimum atomic E-state index is 0.205. The van der Waals surface area contributed by atoms with Gasteiger partial charge in [0, 0.05) is 11.8 Å². The number of rotatable bonds is 3.